The lowest BCUT2D eigenvalue weighted by Crippen LogP contribution is -2.32. The van der Waals surface area contributed by atoms with Crippen LogP contribution in [0, 0.1) is 5.92 Å². The number of rotatable bonds is 12. The van der Waals surface area contributed by atoms with Crippen molar-refractivity contribution in [1.29, 1.82) is 0 Å². The van der Waals surface area contributed by atoms with Crippen molar-refractivity contribution >= 4 is 11.8 Å². The van der Waals surface area contributed by atoms with Crippen LogP contribution in [-0.4, -0.2) is 31.0 Å². The zero-order chi connectivity index (χ0) is 18.7. The molecule has 0 bridgehead atoms. The zero-order valence-corrected chi connectivity index (χ0v) is 15.6. The summed E-state index contributed by atoms with van der Waals surface area (Å²) in [5.74, 6) is 1.18. The van der Waals surface area contributed by atoms with Crippen molar-refractivity contribution in [3.63, 3.8) is 0 Å². The molecule has 25 heavy (non-hydrogen) atoms. The molecule has 0 fully saturated rings. The molecule has 1 rings (SSSR count). The molecule has 0 unspecified atom stereocenters. The van der Waals surface area contributed by atoms with E-state index in [1.807, 2.05) is 24.3 Å². The molecule has 0 aliphatic carbocycles. The normalized spacial score (nSPS) is 12.0. The van der Waals surface area contributed by atoms with Crippen molar-refractivity contribution in [2.24, 2.45) is 11.7 Å². The highest BCUT2D eigenvalue weighted by Gasteiger charge is 2.14. The van der Waals surface area contributed by atoms with Crippen molar-refractivity contribution in [1.82, 2.24) is 0 Å². The predicted octanol–water partition coefficient (Wildman–Crippen LogP) is 3.28. The Morgan fingerprint density at radius 1 is 1.12 bits per heavy atom. The molecule has 0 amide bonds. The van der Waals surface area contributed by atoms with Gasteiger partial charge in [-0.1, -0.05) is 26.0 Å². The summed E-state index contributed by atoms with van der Waals surface area (Å²) in [5, 5.41) is 0. The van der Waals surface area contributed by atoms with Crippen LogP contribution in [0.4, 0.5) is 0 Å². The van der Waals surface area contributed by atoms with Crippen molar-refractivity contribution in [2.45, 2.75) is 58.9 Å². The molecule has 1 aromatic rings. The Morgan fingerprint density at radius 3 is 2.40 bits per heavy atom. The van der Waals surface area contributed by atoms with Gasteiger partial charge >= 0.3 is 5.97 Å². The van der Waals surface area contributed by atoms with Crippen LogP contribution in [0.2, 0.25) is 0 Å². The zero-order valence-electron chi connectivity index (χ0n) is 15.6. The van der Waals surface area contributed by atoms with Crippen LogP contribution in [0.15, 0.2) is 24.3 Å². The third kappa shape index (κ3) is 9.25. The van der Waals surface area contributed by atoms with E-state index in [-0.39, 0.29) is 11.8 Å². The third-order valence-electron chi connectivity index (χ3n) is 3.86. The Kier molecular flexibility index (Phi) is 9.85. The summed E-state index contributed by atoms with van der Waals surface area (Å²) in [7, 11) is 0. The first-order chi connectivity index (χ1) is 11.9. The summed E-state index contributed by atoms with van der Waals surface area (Å²) in [6.45, 7) is 6.86. The minimum Gasteiger partial charge on any atom is -0.494 e. The van der Waals surface area contributed by atoms with Crippen LogP contribution in [-0.2, 0) is 20.7 Å². The molecule has 0 aliphatic heterocycles. The molecular weight excluding hydrogens is 318 g/mol. The molecule has 1 aromatic carbocycles. The summed E-state index contributed by atoms with van der Waals surface area (Å²) < 4.78 is 10.5. The quantitative estimate of drug-likeness (QED) is 0.463. The van der Waals surface area contributed by atoms with Gasteiger partial charge in [-0.15, -0.1) is 0 Å². The molecule has 140 valence electrons. The lowest BCUT2D eigenvalue weighted by atomic mass is 9.97. The molecule has 0 saturated heterocycles. The number of hydrogen-bond acceptors (Lipinski definition) is 5. The standard InChI is InChI=1S/C20H31NO4/c1-4-24-20(23)6-5-13-25-17-10-8-16(9-11-17)14-18(21)19(22)12-7-15(2)3/h8-11,15,18H,4-7,12-14,21H2,1-3H3/t18-/m0/s1. The molecule has 0 spiro atoms. The van der Waals surface area contributed by atoms with Crippen LogP contribution >= 0.6 is 0 Å². The van der Waals surface area contributed by atoms with E-state index in [0.717, 1.165) is 17.7 Å². The number of hydrogen-bond donors (Lipinski definition) is 1. The van der Waals surface area contributed by atoms with Gasteiger partial charge in [0.1, 0.15) is 11.5 Å². The van der Waals surface area contributed by atoms with E-state index in [0.29, 0.717) is 44.8 Å². The van der Waals surface area contributed by atoms with Gasteiger partial charge in [-0.25, -0.2) is 0 Å². The highest BCUT2D eigenvalue weighted by molar-refractivity contribution is 5.84. The van der Waals surface area contributed by atoms with Gasteiger partial charge in [0, 0.05) is 12.8 Å². The molecule has 1 atom stereocenters. The number of carbonyl (C=O) groups excluding carboxylic acids is 2. The molecule has 0 aromatic heterocycles. The number of carbonyl (C=O) groups is 2. The van der Waals surface area contributed by atoms with Crippen LogP contribution in [0.5, 0.6) is 5.75 Å². The highest BCUT2D eigenvalue weighted by Crippen LogP contribution is 2.15. The number of ketones is 1. The van der Waals surface area contributed by atoms with Crippen LogP contribution in [0.1, 0.15) is 52.0 Å². The molecule has 0 aliphatic rings. The van der Waals surface area contributed by atoms with Crippen molar-refractivity contribution < 1.29 is 19.1 Å². The molecule has 5 heteroatoms. The SMILES string of the molecule is CCOC(=O)CCCOc1ccc(C[C@H](N)C(=O)CCC(C)C)cc1. The monoisotopic (exact) mass is 349 g/mol. The molecule has 0 radical (unpaired) electrons. The first-order valence-corrected chi connectivity index (χ1v) is 9.08. The van der Waals surface area contributed by atoms with E-state index in [1.54, 1.807) is 6.92 Å². The maximum atomic E-state index is 12.0. The Bertz CT molecular complexity index is 525. The second-order valence-electron chi connectivity index (χ2n) is 6.61. The molecule has 0 heterocycles. The Labute approximate surface area is 150 Å². The highest BCUT2D eigenvalue weighted by atomic mass is 16.5. The van der Waals surface area contributed by atoms with E-state index in [1.165, 1.54) is 0 Å². The Hall–Kier alpha value is -1.88. The van der Waals surface area contributed by atoms with Crippen molar-refractivity contribution in [3.8, 4) is 5.75 Å². The van der Waals surface area contributed by atoms with Gasteiger partial charge < -0.3 is 15.2 Å². The van der Waals surface area contributed by atoms with Crippen LogP contribution < -0.4 is 10.5 Å². The van der Waals surface area contributed by atoms with E-state index < -0.39 is 6.04 Å². The minimum atomic E-state index is -0.449. The number of esters is 1. The van der Waals surface area contributed by atoms with Gasteiger partial charge in [0.2, 0.25) is 0 Å². The molecule has 2 N–H and O–H groups in total. The average Bonchev–Trinajstić information content (AvgIpc) is 2.58. The molecule has 5 nitrogen and oxygen atoms in total. The largest absolute Gasteiger partial charge is 0.494 e. The van der Waals surface area contributed by atoms with E-state index in [2.05, 4.69) is 13.8 Å². The molecule has 0 saturated carbocycles. The fraction of sp³-hybridized carbons (Fsp3) is 0.600. The minimum absolute atomic E-state index is 0.119. The van der Waals surface area contributed by atoms with Gasteiger partial charge in [0.05, 0.1) is 19.3 Å². The summed E-state index contributed by atoms with van der Waals surface area (Å²) in [6, 6.07) is 7.14. The van der Waals surface area contributed by atoms with Gasteiger partial charge in [-0.05, 0) is 49.8 Å². The third-order valence-corrected chi connectivity index (χ3v) is 3.86. The summed E-state index contributed by atoms with van der Waals surface area (Å²) in [5.41, 5.74) is 7.02. The number of nitrogens with two attached hydrogens (primary N) is 1. The van der Waals surface area contributed by atoms with Crippen LogP contribution in [0.25, 0.3) is 0 Å². The average molecular weight is 349 g/mol. The van der Waals surface area contributed by atoms with Gasteiger partial charge in [-0.3, -0.25) is 9.59 Å². The van der Waals surface area contributed by atoms with Crippen molar-refractivity contribution in [3.05, 3.63) is 29.8 Å². The predicted molar refractivity (Wildman–Crippen MR) is 98.6 cm³/mol. The number of ether oxygens (including phenoxy) is 2. The summed E-state index contributed by atoms with van der Waals surface area (Å²) in [6.07, 6.45) is 2.95. The second kappa shape index (κ2) is 11.6. The second-order valence-corrected chi connectivity index (χ2v) is 6.61. The van der Waals surface area contributed by atoms with Gasteiger partial charge in [-0.2, -0.15) is 0 Å². The maximum Gasteiger partial charge on any atom is 0.305 e. The van der Waals surface area contributed by atoms with Gasteiger partial charge in [0.15, 0.2) is 0 Å². The van der Waals surface area contributed by atoms with Crippen LogP contribution in [0.3, 0.4) is 0 Å². The lowest BCUT2D eigenvalue weighted by Gasteiger charge is -2.12. The maximum absolute atomic E-state index is 12.0. The van der Waals surface area contributed by atoms with Crippen molar-refractivity contribution in [2.75, 3.05) is 13.2 Å². The smallest absolute Gasteiger partial charge is 0.305 e. The fourth-order valence-corrected chi connectivity index (χ4v) is 2.35. The van der Waals surface area contributed by atoms with E-state index in [4.69, 9.17) is 15.2 Å². The molecular formula is C20H31NO4. The van der Waals surface area contributed by atoms with Gasteiger partial charge in [0.25, 0.3) is 0 Å². The number of Topliss-reactive ketones (excluding diaryl/α,β-unsaturated/α-hetero) is 1. The van der Waals surface area contributed by atoms with E-state index in [9.17, 15) is 9.59 Å². The lowest BCUT2D eigenvalue weighted by molar-refractivity contribution is -0.143. The topological polar surface area (TPSA) is 78.6 Å². The Balaban J connectivity index is 2.33. The van der Waals surface area contributed by atoms with E-state index >= 15 is 0 Å². The fourth-order valence-electron chi connectivity index (χ4n) is 2.35. The first-order valence-electron chi connectivity index (χ1n) is 9.08. The summed E-state index contributed by atoms with van der Waals surface area (Å²) >= 11 is 0. The summed E-state index contributed by atoms with van der Waals surface area (Å²) in [4.78, 5) is 23.2. The Morgan fingerprint density at radius 2 is 1.80 bits per heavy atom. The number of benzene rings is 1. The first kappa shape index (κ1) is 21.2.